The van der Waals surface area contributed by atoms with Gasteiger partial charge in [-0.2, -0.15) is 0 Å². The number of anilines is 1. The van der Waals surface area contributed by atoms with Crippen LogP contribution in [0.2, 0.25) is 0 Å². The molecule has 0 spiro atoms. The quantitative estimate of drug-likeness (QED) is 0.215. The summed E-state index contributed by atoms with van der Waals surface area (Å²) in [6, 6.07) is 0.525. The van der Waals surface area contributed by atoms with Crippen molar-refractivity contribution in [1.29, 1.82) is 0 Å². The fourth-order valence-corrected chi connectivity index (χ4v) is 2.49. The average molecular weight is 343 g/mol. The van der Waals surface area contributed by atoms with E-state index in [9.17, 15) is 22.8 Å². The molecule has 0 aliphatic carbocycles. The second-order valence-electron chi connectivity index (χ2n) is 5.20. The van der Waals surface area contributed by atoms with Gasteiger partial charge in [0.25, 0.3) is 0 Å². The van der Waals surface area contributed by atoms with Crippen LogP contribution in [-0.2, 0) is 9.53 Å². The van der Waals surface area contributed by atoms with Gasteiger partial charge in [0, 0.05) is 13.1 Å². The molecule has 1 aliphatic heterocycles. The monoisotopic (exact) mass is 343 g/mol. The molecular weight excluding hydrogens is 327 g/mol. The molecule has 1 aliphatic rings. The number of hydrogen-bond acceptors (Lipinski definition) is 4. The number of rotatable bonds is 6. The minimum absolute atomic E-state index is 0.0726. The lowest BCUT2D eigenvalue weighted by Gasteiger charge is -2.20. The number of aliphatic carboxylic acids is 1. The van der Waals surface area contributed by atoms with Crippen molar-refractivity contribution >= 4 is 17.4 Å². The number of halogens is 3. The van der Waals surface area contributed by atoms with E-state index in [0.717, 1.165) is 12.8 Å². The Morgan fingerprint density at radius 1 is 1.25 bits per heavy atom. The molecule has 24 heavy (non-hydrogen) atoms. The van der Waals surface area contributed by atoms with E-state index in [-0.39, 0.29) is 6.61 Å². The first kappa shape index (κ1) is 17.8. The predicted octanol–water partition coefficient (Wildman–Crippen LogP) is 2.89. The summed E-state index contributed by atoms with van der Waals surface area (Å²) in [6.45, 7) is 2.38. The van der Waals surface area contributed by atoms with E-state index in [4.69, 9.17) is 9.84 Å². The van der Waals surface area contributed by atoms with Crippen LogP contribution in [0.3, 0.4) is 0 Å². The van der Waals surface area contributed by atoms with Gasteiger partial charge >= 0.3 is 5.97 Å². The smallest absolute Gasteiger partial charge is 0.342 e. The van der Waals surface area contributed by atoms with Crippen LogP contribution < -0.4 is 4.90 Å². The molecule has 1 aromatic rings. The van der Waals surface area contributed by atoms with Crippen molar-refractivity contribution in [3.63, 3.8) is 0 Å². The Morgan fingerprint density at radius 3 is 2.42 bits per heavy atom. The Hall–Kier alpha value is -2.51. The Bertz CT molecular complexity index is 697. The molecule has 0 atom stereocenters. The summed E-state index contributed by atoms with van der Waals surface area (Å²) in [4.78, 5) is 24.6. The Kier molecular flexibility index (Phi) is 5.48. The summed E-state index contributed by atoms with van der Waals surface area (Å²) in [6.07, 6.45) is 2.08. The van der Waals surface area contributed by atoms with E-state index in [2.05, 4.69) is 0 Å². The molecule has 0 unspecified atom stereocenters. The molecule has 1 fully saturated rings. The first-order chi connectivity index (χ1) is 11.4. The van der Waals surface area contributed by atoms with Gasteiger partial charge in [0.2, 0.25) is 5.78 Å². The highest BCUT2D eigenvalue weighted by atomic mass is 19.2. The Morgan fingerprint density at radius 2 is 1.88 bits per heavy atom. The molecule has 0 aromatic heterocycles. The highest BCUT2D eigenvalue weighted by molar-refractivity contribution is 6.23. The Labute approximate surface area is 136 Å². The molecule has 5 nitrogen and oxygen atoms in total. The third kappa shape index (κ3) is 3.37. The van der Waals surface area contributed by atoms with Crippen molar-refractivity contribution in [3.05, 3.63) is 40.9 Å². The third-order valence-electron chi connectivity index (χ3n) is 3.64. The lowest BCUT2D eigenvalue weighted by atomic mass is 10.0. The molecule has 1 saturated heterocycles. The maximum absolute atomic E-state index is 14.2. The summed E-state index contributed by atoms with van der Waals surface area (Å²) in [5.74, 6) is -7.23. The van der Waals surface area contributed by atoms with Crippen molar-refractivity contribution < 1.29 is 32.6 Å². The van der Waals surface area contributed by atoms with E-state index < -0.39 is 46.0 Å². The maximum atomic E-state index is 14.2. The molecular formula is C16H16F3NO4. The number of ether oxygens (including phenoxy) is 1. The largest absolute Gasteiger partial charge is 0.500 e. The van der Waals surface area contributed by atoms with Crippen molar-refractivity contribution in [2.24, 2.45) is 0 Å². The molecule has 8 heteroatoms. The summed E-state index contributed by atoms with van der Waals surface area (Å²) < 4.78 is 47.4. The average Bonchev–Trinajstić information content (AvgIpc) is 3.05. The summed E-state index contributed by atoms with van der Waals surface area (Å²) >= 11 is 0. The topological polar surface area (TPSA) is 66.8 Å². The zero-order chi connectivity index (χ0) is 17.9. The van der Waals surface area contributed by atoms with Crippen LogP contribution in [-0.4, -0.2) is 36.6 Å². The lowest BCUT2D eigenvalue weighted by Crippen LogP contribution is -2.23. The molecule has 1 heterocycles. The van der Waals surface area contributed by atoms with E-state index in [1.807, 2.05) is 0 Å². The van der Waals surface area contributed by atoms with Crippen LogP contribution in [0, 0.1) is 17.5 Å². The first-order valence-electron chi connectivity index (χ1n) is 7.40. The van der Waals surface area contributed by atoms with Crippen LogP contribution >= 0.6 is 0 Å². The number of carboxylic acid groups (broad SMARTS) is 1. The zero-order valence-electron chi connectivity index (χ0n) is 12.9. The number of carbonyl (C=O) groups is 2. The van der Waals surface area contributed by atoms with E-state index in [0.29, 0.717) is 25.4 Å². The van der Waals surface area contributed by atoms with E-state index in [1.54, 1.807) is 6.92 Å². The van der Waals surface area contributed by atoms with Crippen LogP contribution in [0.25, 0.3) is 0 Å². The van der Waals surface area contributed by atoms with Gasteiger partial charge in [-0.15, -0.1) is 0 Å². The zero-order valence-corrected chi connectivity index (χ0v) is 12.9. The molecule has 1 N–H and O–H groups in total. The lowest BCUT2D eigenvalue weighted by molar-refractivity contribution is -0.132. The fraction of sp³-hybridized carbons (Fsp3) is 0.375. The molecule has 130 valence electrons. The van der Waals surface area contributed by atoms with Crippen molar-refractivity contribution in [1.82, 2.24) is 0 Å². The number of ketones is 1. The van der Waals surface area contributed by atoms with Gasteiger partial charge in [0.15, 0.2) is 11.6 Å². The number of nitrogens with zero attached hydrogens (tertiary/aromatic N) is 1. The number of Topliss-reactive ketones (excluding diaryl/α,β-unsaturated/α-hetero) is 1. The minimum Gasteiger partial charge on any atom is -0.500 e. The second kappa shape index (κ2) is 7.37. The fourth-order valence-electron chi connectivity index (χ4n) is 2.49. The summed E-state index contributed by atoms with van der Waals surface area (Å²) in [5, 5.41) is 9.00. The molecule has 0 amide bonds. The van der Waals surface area contributed by atoms with Crippen LogP contribution in [0.5, 0.6) is 0 Å². The Balaban J connectivity index is 2.47. The van der Waals surface area contributed by atoms with Crippen molar-refractivity contribution in [2.75, 3.05) is 24.6 Å². The van der Waals surface area contributed by atoms with E-state index in [1.165, 1.54) is 4.90 Å². The SMILES string of the molecule is CCOC=C(C(=O)O)C(=O)c1cc(F)c(N2CCCC2)c(F)c1F. The standard InChI is InChI=1S/C16H16F3NO4/c1-2-24-8-10(16(22)23)15(21)9-7-11(17)14(13(19)12(9)18)20-5-3-4-6-20/h7-8H,2-6H2,1H3,(H,22,23). The van der Waals surface area contributed by atoms with Crippen LogP contribution in [0.1, 0.15) is 30.1 Å². The number of benzene rings is 1. The summed E-state index contributed by atoms with van der Waals surface area (Å²) in [7, 11) is 0. The number of carbonyl (C=O) groups excluding carboxylic acids is 1. The first-order valence-corrected chi connectivity index (χ1v) is 7.40. The van der Waals surface area contributed by atoms with Crippen LogP contribution in [0.15, 0.2) is 17.9 Å². The van der Waals surface area contributed by atoms with E-state index >= 15 is 0 Å². The van der Waals surface area contributed by atoms with Gasteiger partial charge < -0.3 is 14.7 Å². The number of hydrogen-bond donors (Lipinski definition) is 1. The van der Waals surface area contributed by atoms with Gasteiger partial charge in [0.05, 0.1) is 12.2 Å². The molecule has 1 aromatic carbocycles. The minimum atomic E-state index is -1.68. The van der Waals surface area contributed by atoms with Gasteiger partial charge in [-0.25, -0.2) is 18.0 Å². The molecule has 0 bridgehead atoms. The van der Waals surface area contributed by atoms with Gasteiger partial charge in [-0.1, -0.05) is 0 Å². The highest BCUT2D eigenvalue weighted by Gasteiger charge is 2.30. The molecule has 0 saturated carbocycles. The van der Waals surface area contributed by atoms with Gasteiger partial charge in [-0.3, -0.25) is 4.79 Å². The van der Waals surface area contributed by atoms with Gasteiger partial charge in [-0.05, 0) is 25.8 Å². The highest BCUT2D eigenvalue weighted by Crippen LogP contribution is 2.31. The second-order valence-corrected chi connectivity index (χ2v) is 5.20. The third-order valence-corrected chi connectivity index (χ3v) is 3.64. The summed E-state index contributed by atoms with van der Waals surface area (Å²) in [5.41, 5.74) is -2.43. The normalized spacial score (nSPS) is 14.8. The van der Waals surface area contributed by atoms with Gasteiger partial charge in [0.1, 0.15) is 23.3 Å². The van der Waals surface area contributed by atoms with Crippen LogP contribution in [0.4, 0.5) is 18.9 Å². The molecule has 2 rings (SSSR count). The number of carboxylic acids is 1. The van der Waals surface area contributed by atoms with Crippen molar-refractivity contribution in [3.8, 4) is 0 Å². The maximum Gasteiger partial charge on any atom is 0.342 e. The predicted molar refractivity (Wildman–Crippen MR) is 79.4 cm³/mol. The van der Waals surface area contributed by atoms with Crippen molar-refractivity contribution in [2.45, 2.75) is 19.8 Å². The molecule has 0 radical (unpaired) electrons.